The molecule has 0 bridgehead atoms. The second-order valence-electron chi connectivity index (χ2n) is 8.00. The van der Waals surface area contributed by atoms with Crippen molar-refractivity contribution >= 4 is 30.7 Å². The molecular formula is C22H30Cl2N4O2. The van der Waals surface area contributed by atoms with Gasteiger partial charge in [-0.25, -0.2) is 0 Å². The predicted octanol–water partition coefficient (Wildman–Crippen LogP) is 3.02. The number of nitrogens with zero attached hydrogens (tertiary/aromatic N) is 3. The maximum atomic E-state index is 13.2. The van der Waals surface area contributed by atoms with Gasteiger partial charge in [0.15, 0.2) is 0 Å². The van der Waals surface area contributed by atoms with Crippen LogP contribution < -0.4 is 10.9 Å². The van der Waals surface area contributed by atoms with Crippen molar-refractivity contribution < 1.29 is 4.79 Å². The monoisotopic (exact) mass is 452 g/mol. The molecule has 2 aromatic heterocycles. The molecule has 1 unspecified atom stereocenters. The van der Waals surface area contributed by atoms with Crippen LogP contribution in [0.4, 0.5) is 0 Å². The first kappa shape index (κ1) is 24.4. The number of hydrogen-bond acceptors (Lipinski definition) is 4. The molecule has 1 N–H and O–H groups in total. The summed E-state index contributed by atoms with van der Waals surface area (Å²) in [6.07, 6.45) is 7.34. The fourth-order valence-electron chi connectivity index (χ4n) is 4.43. The quantitative estimate of drug-likeness (QED) is 0.773. The molecule has 30 heavy (non-hydrogen) atoms. The molecule has 6 nitrogen and oxygen atoms in total. The Balaban J connectivity index is 0.00000160. The molecule has 164 valence electrons. The number of amides is 1. The highest BCUT2D eigenvalue weighted by Gasteiger charge is 2.30. The fraction of sp³-hybridized carbons (Fsp3) is 0.500. The first-order valence-corrected chi connectivity index (χ1v) is 10.2. The molecule has 1 atom stereocenters. The Hall–Kier alpha value is -1.89. The van der Waals surface area contributed by atoms with Crippen molar-refractivity contribution in [3.63, 3.8) is 0 Å². The summed E-state index contributed by atoms with van der Waals surface area (Å²) in [6, 6.07) is 8.04. The van der Waals surface area contributed by atoms with Crippen molar-refractivity contribution in [3.05, 3.63) is 63.8 Å². The molecule has 2 aromatic rings. The maximum Gasteiger partial charge on any atom is 0.263 e. The van der Waals surface area contributed by atoms with Gasteiger partial charge in [0.2, 0.25) is 0 Å². The molecule has 4 heterocycles. The standard InChI is InChI=1S/C22H28N4O2.2ClH/c1-16-7-13-26(19-5-10-23-11-6-19)22(28)20(16)21(27)25-12-8-17(15-25)14-18-4-2-3-9-24-18;;/h2-4,7,9,13,17,19,23H,5-6,8,10-12,14-15H2,1H3;2*1H. The number of nitrogens with one attached hydrogen (secondary N) is 1. The number of aromatic nitrogens is 2. The topological polar surface area (TPSA) is 67.2 Å². The zero-order valence-electron chi connectivity index (χ0n) is 17.3. The van der Waals surface area contributed by atoms with Crippen molar-refractivity contribution in [3.8, 4) is 0 Å². The number of rotatable bonds is 4. The molecule has 1 amide bonds. The third-order valence-electron chi connectivity index (χ3n) is 6.04. The summed E-state index contributed by atoms with van der Waals surface area (Å²) in [4.78, 5) is 32.6. The lowest BCUT2D eigenvalue weighted by molar-refractivity contribution is 0.0783. The SMILES string of the molecule is Cc1ccn(C2CCNCC2)c(=O)c1C(=O)N1CCC(Cc2ccccn2)C1.Cl.Cl. The Morgan fingerprint density at radius 3 is 2.63 bits per heavy atom. The van der Waals surface area contributed by atoms with Gasteiger partial charge < -0.3 is 14.8 Å². The molecule has 0 aromatic carbocycles. The van der Waals surface area contributed by atoms with Crippen LogP contribution in [0.25, 0.3) is 0 Å². The Labute approximate surface area is 189 Å². The lowest BCUT2D eigenvalue weighted by Crippen LogP contribution is -2.39. The van der Waals surface area contributed by atoms with Crippen LogP contribution in [0, 0.1) is 12.8 Å². The Kier molecular flexibility index (Phi) is 8.89. The predicted molar refractivity (Wildman–Crippen MR) is 123 cm³/mol. The van der Waals surface area contributed by atoms with Gasteiger partial charge in [-0.15, -0.1) is 24.8 Å². The van der Waals surface area contributed by atoms with Gasteiger partial charge in [0, 0.05) is 37.2 Å². The minimum absolute atomic E-state index is 0. The lowest BCUT2D eigenvalue weighted by Gasteiger charge is -2.26. The molecule has 2 saturated heterocycles. The molecule has 2 aliphatic heterocycles. The second-order valence-corrected chi connectivity index (χ2v) is 8.00. The molecule has 0 aliphatic carbocycles. The molecule has 0 saturated carbocycles. The smallest absolute Gasteiger partial charge is 0.263 e. The average molecular weight is 453 g/mol. The lowest BCUT2D eigenvalue weighted by atomic mass is 10.0. The van der Waals surface area contributed by atoms with Crippen LogP contribution in [0.15, 0.2) is 41.5 Å². The van der Waals surface area contributed by atoms with E-state index in [1.165, 1.54) is 0 Å². The van der Waals surface area contributed by atoms with Crippen molar-refractivity contribution in [1.29, 1.82) is 0 Å². The summed E-state index contributed by atoms with van der Waals surface area (Å²) in [5.41, 5.74) is 2.05. The highest BCUT2D eigenvalue weighted by atomic mass is 35.5. The van der Waals surface area contributed by atoms with Gasteiger partial charge in [-0.05, 0) is 75.4 Å². The van der Waals surface area contributed by atoms with E-state index in [4.69, 9.17) is 0 Å². The van der Waals surface area contributed by atoms with E-state index in [9.17, 15) is 9.59 Å². The van der Waals surface area contributed by atoms with Crippen LogP contribution >= 0.6 is 24.8 Å². The first-order chi connectivity index (χ1) is 13.6. The van der Waals surface area contributed by atoms with E-state index >= 15 is 0 Å². The first-order valence-electron chi connectivity index (χ1n) is 10.2. The van der Waals surface area contributed by atoms with E-state index in [-0.39, 0.29) is 42.3 Å². The van der Waals surface area contributed by atoms with E-state index in [2.05, 4.69) is 10.3 Å². The summed E-state index contributed by atoms with van der Waals surface area (Å²) >= 11 is 0. The van der Waals surface area contributed by atoms with Crippen LogP contribution in [-0.2, 0) is 6.42 Å². The number of carbonyl (C=O) groups is 1. The third kappa shape index (κ3) is 5.23. The van der Waals surface area contributed by atoms with Crippen molar-refractivity contribution in [2.75, 3.05) is 26.2 Å². The summed E-state index contributed by atoms with van der Waals surface area (Å²) in [7, 11) is 0. The number of pyridine rings is 2. The second kappa shape index (κ2) is 10.9. The minimum atomic E-state index is -0.134. The molecule has 0 radical (unpaired) electrons. The number of piperidine rings is 1. The summed E-state index contributed by atoms with van der Waals surface area (Å²) < 4.78 is 1.78. The van der Waals surface area contributed by atoms with Crippen LogP contribution in [0.1, 0.15) is 46.9 Å². The zero-order valence-corrected chi connectivity index (χ0v) is 18.9. The molecular weight excluding hydrogens is 423 g/mol. The van der Waals surface area contributed by atoms with Crippen LogP contribution in [-0.4, -0.2) is 46.5 Å². The van der Waals surface area contributed by atoms with Gasteiger partial charge in [-0.3, -0.25) is 14.6 Å². The summed E-state index contributed by atoms with van der Waals surface area (Å²) in [6.45, 7) is 5.09. The van der Waals surface area contributed by atoms with Crippen molar-refractivity contribution in [2.24, 2.45) is 5.92 Å². The van der Waals surface area contributed by atoms with E-state index in [1.807, 2.05) is 48.5 Å². The van der Waals surface area contributed by atoms with Gasteiger partial charge >= 0.3 is 0 Å². The fourth-order valence-corrected chi connectivity index (χ4v) is 4.43. The molecule has 8 heteroatoms. The van der Waals surface area contributed by atoms with E-state index in [0.29, 0.717) is 24.6 Å². The van der Waals surface area contributed by atoms with Gasteiger partial charge in [-0.1, -0.05) is 6.07 Å². The number of halogens is 2. The zero-order chi connectivity index (χ0) is 19.5. The Morgan fingerprint density at radius 1 is 1.17 bits per heavy atom. The van der Waals surface area contributed by atoms with Crippen LogP contribution in [0.3, 0.4) is 0 Å². The molecule has 2 fully saturated rings. The van der Waals surface area contributed by atoms with Gasteiger partial charge in [0.25, 0.3) is 11.5 Å². The number of aryl methyl sites for hydroxylation is 1. The van der Waals surface area contributed by atoms with Gasteiger partial charge in [0.05, 0.1) is 0 Å². The maximum absolute atomic E-state index is 13.2. The van der Waals surface area contributed by atoms with E-state index < -0.39 is 0 Å². The number of likely N-dealkylation sites (tertiary alicyclic amines) is 1. The minimum Gasteiger partial charge on any atom is -0.338 e. The number of hydrogen-bond donors (Lipinski definition) is 1. The molecule has 2 aliphatic rings. The van der Waals surface area contributed by atoms with E-state index in [1.54, 1.807) is 4.57 Å². The number of carbonyl (C=O) groups excluding carboxylic acids is 1. The highest BCUT2D eigenvalue weighted by Crippen LogP contribution is 2.23. The van der Waals surface area contributed by atoms with Crippen molar-refractivity contribution in [1.82, 2.24) is 19.8 Å². The largest absolute Gasteiger partial charge is 0.338 e. The van der Waals surface area contributed by atoms with Crippen LogP contribution in [0.2, 0.25) is 0 Å². The summed E-state index contributed by atoms with van der Waals surface area (Å²) in [5, 5.41) is 3.33. The Bertz CT molecular complexity index is 898. The summed E-state index contributed by atoms with van der Waals surface area (Å²) in [5.74, 6) is 0.281. The van der Waals surface area contributed by atoms with Gasteiger partial charge in [0.1, 0.15) is 5.56 Å². The average Bonchev–Trinajstić information content (AvgIpc) is 3.18. The Morgan fingerprint density at radius 2 is 1.93 bits per heavy atom. The van der Waals surface area contributed by atoms with Crippen LogP contribution in [0.5, 0.6) is 0 Å². The third-order valence-corrected chi connectivity index (χ3v) is 6.04. The normalized spacial score (nSPS) is 19.1. The molecule has 0 spiro atoms. The molecule has 4 rings (SSSR count). The van der Waals surface area contributed by atoms with Gasteiger partial charge in [-0.2, -0.15) is 0 Å². The highest BCUT2D eigenvalue weighted by molar-refractivity contribution is 5.95. The van der Waals surface area contributed by atoms with Crippen molar-refractivity contribution in [2.45, 2.75) is 38.6 Å². The van der Waals surface area contributed by atoms with E-state index in [0.717, 1.165) is 50.0 Å².